The van der Waals surface area contributed by atoms with Gasteiger partial charge in [0.2, 0.25) is 5.82 Å². The number of tetrazole rings is 1. The minimum absolute atomic E-state index is 0.0139. The third kappa shape index (κ3) is 4.57. The highest BCUT2D eigenvalue weighted by Gasteiger charge is 2.30. The van der Waals surface area contributed by atoms with Crippen LogP contribution in [0.15, 0.2) is 47.7 Å². The summed E-state index contributed by atoms with van der Waals surface area (Å²) in [5, 5.41) is 15.2. The van der Waals surface area contributed by atoms with Gasteiger partial charge in [-0.05, 0) is 36.4 Å². The van der Waals surface area contributed by atoms with E-state index in [0.29, 0.717) is 5.71 Å². The Kier molecular flexibility index (Phi) is 5.01. The molecule has 1 aromatic carbocycles. The van der Waals surface area contributed by atoms with Gasteiger partial charge in [0, 0.05) is 11.8 Å². The number of rotatable bonds is 5. The molecule has 0 saturated carbocycles. The van der Waals surface area contributed by atoms with E-state index in [0.717, 1.165) is 22.6 Å². The van der Waals surface area contributed by atoms with Gasteiger partial charge >= 0.3 is 6.18 Å². The maximum Gasteiger partial charge on any atom is 0.416 e. The van der Waals surface area contributed by atoms with Crippen LogP contribution in [0.25, 0.3) is 11.4 Å². The molecule has 0 atom stereocenters. The Bertz CT molecular complexity index is 961. The van der Waals surface area contributed by atoms with Crippen molar-refractivity contribution in [2.24, 2.45) is 5.10 Å². The van der Waals surface area contributed by atoms with Gasteiger partial charge in [-0.25, -0.2) is 5.43 Å². The van der Waals surface area contributed by atoms with Crippen LogP contribution in [0.4, 0.5) is 13.2 Å². The number of hydrogen-bond acceptors (Lipinski definition) is 5. The molecule has 140 valence electrons. The van der Waals surface area contributed by atoms with Crippen LogP contribution < -0.4 is 5.43 Å². The van der Waals surface area contributed by atoms with Crippen LogP contribution in [0.1, 0.15) is 18.2 Å². The summed E-state index contributed by atoms with van der Waals surface area (Å²) in [6.45, 7) is 1.43. The molecule has 0 saturated heterocycles. The number of halogens is 3. The molecule has 0 fully saturated rings. The van der Waals surface area contributed by atoms with E-state index >= 15 is 0 Å². The zero-order chi connectivity index (χ0) is 19.4. The predicted octanol–water partition coefficient (Wildman–Crippen LogP) is 2.23. The number of nitrogens with one attached hydrogen (secondary N) is 2. The highest BCUT2D eigenvalue weighted by atomic mass is 19.4. The third-order valence-electron chi connectivity index (χ3n) is 3.52. The normalized spacial score (nSPS) is 12.2. The van der Waals surface area contributed by atoms with Crippen molar-refractivity contribution >= 4 is 11.6 Å². The Morgan fingerprint density at radius 1 is 1.30 bits per heavy atom. The van der Waals surface area contributed by atoms with E-state index < -0.39 is 17.6 Å². The second-order valence-corrected chi connectivity index (χ2v) is 5.54. The summed E-state index contributed by atoms with van der Waals surface area (Å²) in [4.78, 5) is 15.8. The maximum absolute atomic E-state index is 12.8. The first-order valence-corrected chi connectivity index (χ1v) is 7.75. The van der Waals surface area contributed by atoms with E-state index in [1.54, 1.807) is 25.3 Å². The van der Waals surface area contributed by atoms with E-state index in [-0.39, 0.29) is 17.9 Å². The zero-order valence-electron chi connectivity index (χ0n) is 14.0. The molecule has 1 amide bonds. The molecule has 0 unspecified atom stereocenters. The van der Waals surface area contributed by atoms with Gasteiger partial charge in [0.15, 0.2) is 0 Å². The number of amides is 1. The second kappa shape index (κ2) is 7.40. The lowest BCUT2D eigenvalue weighted by Crippen LogP contribution is -2.25. The zero-order valence-corrected chi connectivity index (χ0v) is 14.0. The molecule has 2 N–H and O–H groups in total. The summed E-state index contributed by atoms with van der Waals surface area (Å²) in [6.07, 6.45) is -2.74. The molecule has 11 heteroatoms. The van der Waals surface area contributed by atoms with Gasteiger partial charge in [0.1, 0.15) is 6.54 Å². The predicted molar refractivity (Wildman–Crippen MR) is 89.4 cm³/mol. The first-order chi connectivity index (χ1) is 12.8. The quantitative estimate of drug-likeness (QED) is 0.526. The summed E-state index contributed by atoms with van der Waals surface area (Å²) in [7, 11) is 0. The molecule has 0 spiro atoms. The number of hydrogen-bond donors (Lipinski definition) is 2. The second-order valence-electron chi connectivity index (χ2n) is 5.54. The van der Waals surface area contributed by atoms with Crippen molar-refractivity contribution in [3.8, 4) is 11.4 Å². The highest BCUT2D eigenvalue weighted by molar-refractivity contribution is 5.97. The Labute approximate surface area is 151 Å². The van der Waals surface area contributed by atoms with Gasteiger partial charge in [-0.3, -0.25) is 4.79 Å². The molecule has 8 nitrogen and oxygen atoms in total. The average Bonchev–Trinajstić information content (AvgIpc) is 3.31. The van der Waals surface area contributed by atoms with Crippen LogP contribution in [0.5, 0.6) is 0 Å². The molecular formula is C16H14F3N7O. The van der Waals surface area contributed by atoms with Crippen molar-refractivity contribution < 1.29 is 18.0 Å². The van der Waals surface area contributed by atoms with E-state index in [2.05, 4.69) is 30.9 Å². The summed E-state index contributed by atoms with van der Waals surface area (Å²) in [5.41, 5.74) is 3.01. The Morgan fingerprint density at radius 2 is 2.11 bits per heavy atom. The van der Waals surface area contributed by atoms with Crippen molar-refractivity contribution in [1.29, 1.82) is 0 Å². The number of carbonyl (C=O) groups excluding carboxylic acids is 1. The van der Waals surface area contributed by atoms with Crippen molar-refractivity contribution in [1.82, 2.24) is 30.6 Å². The third-order valence-corrected chi connectivity index (χ3v) is 3.52. The molecule has 0 radical (unpaired) electrons. The number of nitrogens with zero attached hydrogens (tertiary/aromatic N) is 5. The highest BCUT2D eigenvalue weighted by Crippen LogP contribution is 2.31. The van der Waals surface area contributed by atoms with Crippen LogP contribution in [-0.4, -0.2) is 36.8 Å². The standard InChI is InChI=1S/C16H14F3N7O/c1-10(13-6-3-7-20-13)21-22-14(27)9-26-24-15(23-25-26)11-4-2-5-12(8-11)16(17,18)19/h2-8,20H,9H2,1H3,(H,22,27)/b21-10+. The monoisotopic (exact) mass is 377 g/mol. The molecule has 0 bridgehead atoms. The molecule has 0 aliphatic heterocycles. The molecule has 2 aromatic heterocycles. The first-order valence-electron chi connectivity index (χ1n) is 7.75. The summed E-state index contributed by atoms with van der Waals surface area (Å²) >= 11 is 0. The van der Waals surface area contributed by atoms with Gasteiger partial charge < -0.3 is 4.98 Å². The average molecular weight is 377 g/mol. The summed E-state index contributed by atoms with van der Waals surface area (Å²) in [6, 6.07) is 8.15. The largest absolute Gasteiger partial charge is 0.416 e. The van der Waals surface area contributed by atoms with Crippen molar-refractivity contribution in [3.63, 3.8) is 0 Å². The molecule has 27 heavy (non-hydrogen) atoms. The fraction of sp³-hybridized carbons (Fsp3) is 0.188. The minimum Gasteiger partial charge on any atom is -0.360 e. The van der Waals surface area contributed by atoms with Gasteiger partial charge in [0.05, 0.1) is 17.0 Å². The number of alkyl halides is 3. The molecule has 0 aliphatic rings. The van der Waals surface area contributed by atoms with Gasteiger partial charge in [-0.1, -0.05) is 12.1 Å². The summed E-state index contributed by atoms with van der Waals surface area (Å²) < 4.78 is 38.4. The first kappa shape index (κ1) is 18.3. The number of aromatic nitrogens is 5. The van der Waals surface area contributed by atoms with Crippen LogP contribution in [0, 0.1) is 0 Å². The van der Waals surface area contributed by atoms with E-state index in [1.807, 2.05) is 0 Å². The van der Waals surface area contributed by atoms with Crippen LogP contribution in [0.3, 0.4) is 0 Å². The number of carbonyl (C=O) groups is 1. The number of H-pyrrole nitrogens is 1. The minimum atomic E-state index is -4.47. The lowest BCUT2D eigenvalue weighted by Gasteiger charge is -2.06. The van der Waals surface area contributed by atoms with Crippen molar-refractivity contribution in [2.75, 3.05) is 0 Å². The SMILES string of the molecule is C/C(=N\NC(=O)Cn1nnc(-c2cccc(C(F)(F)F)c2)n1)c1ccc[nH]1. The van der Waals surface area contributed by atoms with Gasteiger partial charge in [-0.2, -0.15) is 23.1 Å². The van der Waals surface area contributed by atoms with Crippen LogP contribution >= 0.6 is 0 Å². The lowest BCUT2D eigenvalue weighted by atomic mass is 10.1. The van der Waals surface area contributed by atoms with E-state index in [9.17, 15) is 18.0 Å². The topological polar surface area (TPSA) is 101 Å². The molecule has 0 aliphatic carbocycles. The van der Waals surface area contributed by atoms with Gasteiger partial charge in [-0.15, -0.1) is 10.2 Å². The van der Waals surface area contributed by atoms with Gasteiger partial charge in [0.25, 0.3) is 5.91 Å². The molecule has 3 aromatic rings. The van der Waals surface area contributed by atoms with E-state index in [4.69, 9.17) is 0 Å². The molecular weight excluding hydrogens is 363 g/mol. The van der Waals surface area contributed by atoms with E-state index in [1.165, 1.54) is 12.1 Å². The Hall–Kier alpha value is -3.50. The van der Waals surface area contributed by atoms with Crippen LogP contribution in [0.2, 0.25) is 0 Å². The Balaban J connectivity index is 1.66. The smallest absolute Gasteiger partial charge is 0.360 e. The lowest BCUT2D eigenvalue weighted by molar-refractivity contribution is -0.137. The Morgan fingerprint density at radius 3 is 2.81 bits per heavy atom. The number of hydrazone groups is 1. The molecule has 2 heterocycles. The van der Waals surface area contributed by atoms with Crippen LogP contribution in [-0.2, 0) is 17.5 Å². The fourth-order valence-corrected chi connectivity index (χ4v) is 2.19. The fourth-order valence-electron chi connectivity index (χ4n) is 2.19. The number of aromatic amines is 1. The van der Waals surface area contributed by atoms with Crippen molar-refractivity contribution in [3.05, 3.63) is 53.9 Å². The maximum atomic E-state index is 12.8. The van der Waals surface area contributed by atoms with Crippen molar-refractivity contribution in [2.45, 2.75) is 19.6 Å². The molecule has 3 rings (SSSR count). The number of benzene rings is 1. The summed E-state index contributed by atoms with van der Waals surface area (Å²) in [5.74, 6) is -0.520.